The molecule has 0 fully saturated rings. The number of thioether (sulfide) groups is 1. The molecule has 2 aromatic heterocycles. The molecule has 0 radical (unpaired) electrons. The van der Waals surface area contributed by atoms with E-state index in [-0.39, 0.29) is 17.2 Å². The van der Waals surface area contributed by atoms with Crippen molar-refractivity contribution in [2.45, 2.75) is 71.5 Å². The van der Waals surface area contributed by atoms with Crippen LogP contribution in [0.3, 0.4) is 0 Å². The van der Waals surface area contributed by atoms with Gasteiger partial charge in [0.05, 0.1) is 10.9 Å². The number of rotatable bonds is 8. The fourth-order valence-corrected chi connectivity index (χ4v) is 4.77. The highest BCUT2D eigenvalue weighted by Crippen LogP contribution is 2.28. The van der Waals surface area contributed by atoms with E-state index in [1.165, 1.54) is 23.1 Å². The number of benzene rings is 1. The molecule has 1 aromatic carbocycles. The van der Waals surface area contributed by atoms with Crippen LogP contribution in [0.2, 0.25) is 0 Å². The van der Waals surface area contributed by atoms with Crippen LogP contribution in [0.1, 0.15) is 54.3 Å². The first-order valence-electron chi connectivity index (χ1n) is 10.2. The van der Waals surface area contributed by atoms with Crippen LogP contribution in [-0.4, -0.2) is 30.9 Å². The molecule has 1 N–H and O–H groups in total. The Kier molecular flexibility index (Phi) is 7.38. The number of nitrogens with zero attached hydrogens (tertiary/aromatic N) is 4. The number of amides is 1. The number of aryl methyl sites for hydroxylation is 4. The first kappa shape index (κ1) is 23.3. The average Bonchev–Trinajstić information content (AvgIpc) is 3.24. The highest BCUT2D eigenvalue weighted by molar-refractivity contribution is 8.00. The van der Waals surface area contributed by atoms with Gasteiger partial charge in [0, 0.05) is 10.9 Å². The van der Waals surface area contributed by atoms with Gasteiger partial charge in [-0.25, -0.2) is 4.98 Å². The zero-order chi connectivity index (χ0) is 22.7. The van der Waals surface area contributed by atoms with Crippen molar-refractivity contribution < 1.29 is 9.53 Å². The molecular formula is C22H29N5O2S2. The average molecular weight is 460 g/mol. The number of hydrogen-bond donors (Lipinski definition) is 1. The lowest BCUT2D eigenvalue weighted by Gasteiger charge is -2.16. The molecule has 166 valence electrons. The second-order valence-electron chi connectivity index (χ2n) is 7.83. The molecule has 3 aromatic rings. The fourth-order valence-electron chi connectivity index (χ4n) is 2.95. The molecule has 0 aliphatic carbocycles. The summed E-state index contributed by atoms with van der Waals surface area (Å²) in [6.07, 6.45) is 0. The minimum atomic E-state index is -0.348. The summed E-state index contributed by atoms with van der Waals surface area (Å²) in [5, 5.41) is 12.6. The van der Waals surface area contributed by atoms with Crippen molar-refractivity contribution >= 4 is 34.1 Å². The molecule has 9 heteroatoms. The van der Waals surface area contributed by atoms with Crippen LogP contribution in [0.5, 0.6) is 5.75 Å². The minimum absolute atomic E-state index is 0.106. The molecule has 3 rings (SSSR count). The number of carbonyl (C=O) groups excluding carboxylic acids is 1. The Hall–Kier alpha value is -2.39. The zero-order valence-electron chi connectivity index (χ0n) is 19.0. The first-order valence-corrected chi connectivity index (χ1v) is 11.9. The summed E-state index contributed by atoms with van der Waals surface area (Å²) < 4.78 is 8.06. The molecule has 1 amide bonds. The van der Waals surface area contributed by atoms with Gasteiger partial charge in [0.2, 0.25) is 5.91 Å². The predicted octanol–water partition coefficient (Wildman–Crippen LogP) is 5.25. The van der Waals surface area contributed by atoms with Gasteiger partial charge in [0.15, 0.2) is 16.1 Å². The smallest absolute Gasteiger partial charge is 0.239 e. The van der Waals surface area contributed by atoms with Gasteiger partial charge >= 0.3 is 0 Å². The summed E-state index contributed by atoms with van der Waals surface area (Å²) in [5.74, 6) is 1.47. The first-order chi connectivity index (χ1) is 14.7. The normalized spacial score (nSPS) is 12.3. The molecular weight excluding hydrogens is 430 g/mol. The van der Waals surface area contributed by atoms with E-state index in [2.05, 4.69) is 40.4 Å². The summed E-state index contributed by atoms with van der Waals surface area (Å²) in [6, 6.07) is 6.27. The lowest BCUT2D eigenvalue weighted by Crippen LogP contribution is -2.23. The van der Waals surface area contributed by atoms with Crippen molar-refractivity contribution in [2.24, 2.45) is 0 Å². The largest absolute Gasteiger partial charge is 0.485 e. The fraction of sp³-hybridized carbons (Fsp3) is 0.455. The van der Waals surface area contributed by atoms with Crippen LogP contribution >= 0.6 is 23.1 Å². The van der Waals surface area contributed by atoms with E-state index in [4.69, 9.17) is 4.74 Å². The molecule has 0 spiro atoms. The molecule has 31 heavy (non-hydrogen) atoms. The molecule has 2 heterocycles. The number of carbonyl (C=O) groups is 1. The summed E-state index contributed by atoms with van der Waals surface area (Å²) >= 11 is 2.87. The number of ether oxygens (including phenoxy) is 1. The Balaban J connectivity index is 1.70. The quantitative estimate of drug-likeness (QED) is 0.464. The lowest BCUT2D eigenvalue weighted by molar-refractivity contribution is -0.115. The maximum atomic E-state index is 12.7. The number of hydrogen-bond acceptors (Lipinski definition) is 7. The molecule has 0 saturated heterocycles. The van der Waals surface area contributed by atoms with Gasteiger partial charge in [-0.1, -0.05) is 23.9 Å². The molecule has 0 saturated carbocycles. The van der Waals surface area contributed by atoms with Crippen molar-refractivity contribution in [1.29, 1.82) is 0 Å². The SMILES string of the molecule is Cc1ccc(C)c(OCc2nnc(S[C@H](C)C(=O)Nc3nc(C)c(C)s3)n2C(C)C)c1. The van der Waals surface area contributed by atoms with Crippen LogP contribution < -0.4 is 10.1 Å². The van der Waals surface area contributed by atoms with E-state index in [0.29, 0.717) is 16.9 Å². The highest BCUT2D eigenvalue weighted by atomic mass is 32.2. The van der Waals surface area contributed by atoms with E-state index in [9.17, 15) is 4.79 Å². The summed E-state index contributed by atoms with van der Waals surface area (Å²) in [4.78, 5) is 18.1. The van der Waals surface area contributed by atoms with Crippen molar-refractivity contribution in [3.05, 3.63) is 45.7 Å². The third-order valence-corrected chi connectivity index (χ3v) is 6.91. The summed E-state index contributed by atoms with van der Waals surface area (Å²) in [6.45, 7) is 14.3. The van der Waals surface area contributed by atoms with Crippen LogP contribution in [0, 0.1) is 27.7 Å². The van der Waals surface area contributed by atoms with Gasteiger partial charge < -0.3 is 14.6 Å². The summed E-state index contributed by atoms with van der Waals surface area (Å²) in [5.41, 5.74) is 3.16. The number of aromatic nitrogens is 4. The van der Waals surface area contributed by atoms with Crippen molar-refractivity contribution in [3.8, 4) is 5.75 Å². The van der Waals surface area contributed by atoms with Gasteiger partial charge in [0.25, 0.3) is 0 Å². The molecule has 0 aliphatic rings. The second kappa shape index (κ2) is 9.82. The van der Waals surface area contributed by atoms with Gasteiger partial charge in [0.1, 0.15) is 12.4 Å². The topological polar surface area (TPSA) is 81.9 Å². The standard InChI is InChI=1S/C22H29N5O2S2/c1-12(2)27-19(11-29-18-10-13(3)8-9-14(18)4)25-26-22(27)31-17(7)20(28)24-21-23-15(5)16(6)30-21/h8-10,12,17H,11H2,1-7H3,(H,23,24,28)/t17-/m1/s1. The van der Waals surface area contributed by atoms with E-state index in [0.717, 1.165) is 33.3 Å². The van der Waals surface area contributed by atoms with E-state index < -0.39 is 0 Å². The molecule has 0 unspecified atom stereocenters. The third-order valence-electron chi connectivity index (χ3n) is 4.86. The van der Waals surface area contributed by atoms with Crippen LogP contribution in [-0.2, 0) is 11.4 Å². The van der Waals surface area contributed by atoms with Crippen molar-refractivity contribution in [1.82, 2.24) is 19.7 Å². The molecule has 0 aliphatic heterocycles. The van der Waals surface area contributed by atoms with Gasteiger partial charge in [-0.05, 0) is 65.7 Å². The Labute approximate surface area is 191 Å². The second-order valence-corrected chi connectivity index (χ2v) is 10.3. The molecule has 1 atom stereocenters. The maximum Gasteiger partial charge on any atom is 0.239 e. The number of nitrogens with one attached hydrogen (secondary N) is 1. The van der Waals surface area contributed by atoms with Gasteiger partial charge in [-0.3, -0.25) is 4.79 Å². The van der Waals surface area contributed by atoms with Crippen LogP contribution in [0.4, 0.5) is 5.13 Å². The maximum absolute atomic E-state index is 12.7. The molecule has 7 nitrogen and oxygen atoms in total. The van der Waals surface area contributed by atoms with E-state index in [1.807, 2.05) is 51.3 Å². The van der Waals surface area contributed by atoms with Crippen LogP contribution in [0.15, 0.2) is 23.4 Å². The zero-order valence-corrected chi connectivity index (χ0v) is 20.6. The summed E-state index contributed by atoms with van der Waals surface area (Å²) in [7, 11) is 0. The van der Waals surface area contributed by atoms with E-state index >= 15 is 0 Å². The Morgan fingerprint density at radius 3 is 2.58 bits per heavy atom. The monoisotopic (exact) mass is 459 g/mol. The third kappa shape index (κ3) is 5.65. The minimum Gasteiger partial charge on any atom is -0.485 e. The predicted molar refractivity (Wildman–Crippen MR) is 126 cm³/mol. The van der Waals surface area contributed by atoms with Crippen molar-refractivity contribution in [2.75, 3.05) is 5.32 Å². The van der Waals surface area contributed by atoms with Crippen molar-refractivity contribution in [3.63, 3.8) is 0 Å². The number of anilines is 1. The van der Waals surface area contributed by atoms with Gasteiger partial charge in [-0.15, -0.1) is 21.5 Å². The van der Waals surface area contributed by atoms with E-state index in [1.54, 1.807) is 0 Å². The Bertz CT molecular complexity index is 1050. The Morgan fingerprint density at radius 2 is 1.94 bits per heavy atom. The van der Waals surface area contributed by atoms with Gasteiger partial charge in [-0.2, -0.15) is 0 Å². The Morgan fingerprint density at radius 1 is 1.19 bits per heavy atom. The van der Waals surface area contributed by atoms with Crippen LogP contribution in [0.25, 0.3) is 0 Å². The lowest BCUT2D eigenvalue weighted by atomic mass is 10.1. The highest BCUT2D eigenvalue weighted by Gasteiger charge is 2.22. The number of thiazole rings is 1. The molecule has 0 bridgehead atoms.